The van der Waals surface area contributed by atoms with Crippen molar-refractivity contribution in [3.05, 3.63) is 53.4 Å². The van der Waals surface area contributed by atoms with Gasteiger partial charge in [-0.2, -0.15) is 0 Å². The minimum atomic E-state index is -0.0794. The number of nitrogens with one attached hydrogen (secondary N) is 2. The molecule has 2 unspecified atom stereocenters. The van der Waals surface area contributed by atoms with Gasteiger partial charge in [-0.25, -0.2) is 15.0 Å². The zero-order valence-corrected chi connectivity index (χ0v) is 17.8. The number of hydrogen-bond acceptors (Lipinski definition) is 4. The number of carbonyl (C=O) groups is 1. The zero-order chi connectivity index (χ0) is 20.8. The molecule has 6 heteroatoms. The Kier molecular flexibility index (Phi) is 6.96. The molecule has 0 saturated carbocycles. The van der Waals surface area contributed by atoms with E-state index >= 15 is 0 Å². The van der Waals surface area contributed by atoms with Gasteiger partial charge in [0.1, 0.15) is 5.82 Å². The second-order valence-corrected chi connectivity index (χ2v) is 7.71. The second kappa shape index (κ2) is 9.63. The summed E-state index contributed by atoms with van der Waals surface area (Å²) in [5.41, 5.74) is 4.41. The van der Waals surface area contributed by atoms with Crippen molar-refractivity contribution in [1.29, 1.82) is 0 Å². The summed E-state index contributed by atoms with van der Waals surface area (Å²) in [6, 6.07) is 5.60. The topological polar surface area (TPSA) is 83.6 Å². The third-order valence-corrected chi connectivity index (χ3v) is 5.57. The first-order valence-corrected chi connectivity index (χ1v) is 10.6. The summed E-state index contributed by atoms with van der Waals surface area (Å²) < 4.78 is 0. The van der Waals surface area contributed by atoms with E-state index < -0.39 is 0 Å². The standard InChI is InChI=1S/C23H31N5O/c1-5-15(3)21-22(16(4)6-2)28-19-14-17(9-10-18(19)27-21)23(29)26-11-7-8-20-24-12-13-25-20/h9-10,12-16H,5-8,11H2,1-4H3,(H,24,25)(H,26,29). The van der Waals surface area contributed by atoms with E-state index in [0.717, 1.165) is 53.9 Å². The van der Waals surface area contributed by atoms with Crippen molar-refractivity contribution in [1.82, 2.24) is 25.3 Å². The molecule has 0 spiro atoms. The van der Waals surface area contributed by atoms with Gasteiger partial charge in [0.05, 0.1) is 22.4 Å². The lowest BCUT2D eigenvalue weighted by atomic mass is 9.94. The quantitative estimate of drug-likeness (QED) is 0.514. The third kappa shape index (κ3) is 5.00. The molecule has 2 heterocycles. The number of imidazole rings is 1. The molecule has 3 aromatic rings. The molecule has 29 heavy (non-hydrogen) atoms. The van der Waals surface area contributed by atoms with E-state index in [-0.39, 0.29) is 5.91 Å². The molecular weight excluding hydrogens is 362 g/mol. The highest BCUT2D eigenvalue weighted by atomic mass is 16.1. The number of amides is 1. The van der Waals surface area contributed by atoms with Gasteiger partial charge >= 0.3 is 0 Å². The van der Waals surface area contributed by atoms with E-state index in [2.05, 4.69) is 43.0 Å². The number of rotatable bonds is 9. The van der Waals surface area contributed by atoms with Crippen LogP contribution in [-0.4, -0.2) is 32.4 Å². The fourth-order valence-electron chi connectivity index (χ4n) is 3.33. The highest BCUT2D eigenvalue weighted by Gasteiger charge is 2.19. The lowest BCUT2D eigenvalue weighted by Gasteiger charge is -2.18. The first-order chi connectivity index (χ1) is 14.0. The lowest BCUT2D eigenvalue weighted by molar-refractivity contribution is 0.0953. The van der Waals surface area contributed by atoms with Gasteiger partial charge in [-0.3, -0.25) is 4.79 Å². The molecule has 0 aliphatic carbocycles. The molecule has 2 atom stereocenters. The van der Waals surface area contributed by atoms with Crippen molar-refractivity contribution >= 4 is 16.9 Å². The summed E-state index contributed by atoms with van der Waals surface area (Å²) in [6.07, 6.45) is 7.24. The van der Waals surface area contributed by atoms with Crippen molar-refractivity contribution in [3.8, 4) is 0 Å². The van der Waals surface area contributed by atoms with E-state index in [1.165, 1.54) is 0 Å². The van der Waals surface area contributed by atoms with Gasteiger partial charge in [-0.15, -0.1) is 0 Å². The van der Waals surface area contributed by atoms with E-state index in [0.29, 0.717) is 23.9 Å². The number of H-pyrrole nitrogens is 1. The molecule has 0 radical (unpaired) electrons. The van der Waals surface area contributed by atoms with Crippen LogP contribution in [0.4, 0.5) is 0 Å². The molecule has 6 nitrogen and oxygen atoms in total. The first-order valence-electron chi connectivity index (χ1n) is 10.6. The highest BCUT2D eigenvalue weighted by Crippen LogP contribution is 2.29. The van der Waals surface area contributed by atoms with Crippen LogP contribution >= 0.6 is 0 Å². The molecule has 0 saturated heterocycles. The van der Waals surface area contributed by atoms with Crippen molar-refractivity contribution in [3.63, 3.8) is 0 Å². The van der Waals surface area contributed by atoms with Crippen LogP contribution in [0.25, 0.3) is 11.0 Å². The van der Waals surface area contributed by atoms with Crippen LogP contribution in [0.1, 0.15) is 86.4 Å². The summed E-state index contributed by atoms with van der Waals surface area (Å²) in [7, 11) is 0. The predicted molar refractivity (Wildman–Crippen MR) is 116 cm³/mol. The largest absolute Gasteiger partial charge is 0.352 e. The molecular formula is C23H31N5O. The van der Waals surface area contributed by atoms with Gasteiger partial charge in [0, 0.05) is 30.9 Å². The molecule has 154 valence electrons. The fourth-order valence-corrected chi connectivity index (χ4v) is 3.33. The van der Waals surface area contributed by atoms with Crippen molar-refractivity contribution in [2.75, 3.05) is 6.54 Å². The van der Waals surface area contributed by atoms with E-state index in [4.69, 9.17) is 9.97 Å². The summed E-state index contributed by atoms with van der Waals surface area (Å²) in [5, 5.41) is 2.98. The maximum absolute atomic E-state index is 12.6. The Morgan fingerprint density at radius 3 is 2.38 bits per heavy atom. The van der Waals surface area contributed by atoms with Crippen LogP contribution in [-0.2, 0) is 6.42 Å². The monoisotopic (exact) mass is 393 g/mol. The van der Waals surface area contributed by atoms with Gasteiger partial charge in [-0.1, -0.05) is 27.7 Å². The van der Waals surface area contributed by atoms with Crippen molar-refractivity contribution < 1.29 is 4.79 Å². The summed E-state index contributed by atoms with van der Waals surface area (Å²) in [6.45, 7) is 9.34. The van der Waals surface area contributed by atoms with Crippen LogP contribution < -0.4 is 5.32 Å². The third-order valence-electron chi connectivity index (χ3n) is 5.57. The van der Waals surface area contributed by atoms with Crippen LogP contribution in [0.5, 0.6) is 0 Å². The number of hydrogen-bond donors (Lipinski definition) is 2. The normalized spacial score (nSPS) is 13.4. The van der Waals surface area contributed by atoms with Gasteiger partial charge in [0.15, 0.2) is 0 Å². The van der Waals surface area contributed by atoms with Gasteiger partial charge in [-0.05, 0) is 49.3 Å². The number of aryl methyl sites for hydroxylation is 1. The summed E-state index contributed by atoms with van der Waals surface area (Å²) >= 11 is 0. The average Bonchev–Trinajstić information content (AvgIpc) is 3.27. The molecule has 0 aliphatic rings. The number of fused-ring (bicyclic) bond motifs is 1. The molecule has 2 N–H and O–H groups in total. The molecule has 0 bridgehead atoms. The highest BCUT2D eigenvalue weighted by molar-refractivity contribution is 5.97. The maximum atomic E-state index is 12.6. The molecule has 0 aliphatic heterocycles. The molecule has 1 aromatic carbocycles. The minimum Gasteiger partial charge on any atom is -0.352 e. The number of carbonyl (C=O) groups excluding carboxylic acids is 1. The first kappa shape index (κ1) is 21.0. The SMILES string of the molecule is CCC(C)c1nc2ccc(C(=O)NCCCc3ncc[nH]3)cc2nc1C(C)CC. The Morgan fingerprint density at radius 1 is 1.07 bits per heavy atom. The molecule has 0 fully saturated rings. The van der Waals surface area contributed by atoms with Crippen LogP contribution in [0.3, 0.4) is 0 Å². The molecule has 3 rings (SSSR count). The van der Waals surface area contributed by atoms with E-state index in [9.17, 15) is 4.79 Å². The number of benzene rings is 1. The Balaban J connectivity index is 1.76. The maximum Gasteiger partial charge on any atom is 0.251 e. The number of nitrogens with zero attached hydrogens (tertiary/aromatic N) is 3. The predicted octanol–water partition coefficient (Wildman–Crippen LogP) is 4.74. The van der Waals surface area contributed by atoms with Crippen LogP contribution in [0, 0.1) is 0 Å². The van der Waals surface area contributed by atoms with Gasteiger partial charge in [0.2, 0.25) is 0 Å². The number of aromatic amines is 1. The van der Waals surface area contributed by atoms with E-state index in [1.54, 1.807) is 6.20 Å². The Hall–Kier alpha value is -2.76. The molecule has 2 aromatic heterocycles. The lowest BCUT2D eigenvalue weighted by Crippen LogP contribution is -2.24. The Bertz CT molecular complexity index is 951. The molecule has 1 amide bonds. The summed E-state index contributed by atoms with van der Waals surface area (Å²) in [5.74, 6) is 1.57. The summed E-state index contributed by atoms with van der Waals surface area (Å²) in [4.78, 5) is 29.7. The minimum absolute atomic E-state index is 0.0794. The number of aromatic nitrogens is 4. The van der Waals surface area contributed by atoms with E-state index in [1.807, 2.05) is 24.4 Å². The van der Waals surface area contributed by atoms with Crippen molar-refractivity contribution in [2.45, 2.75) is 65.2 Å². The van der Waals surface area contributed by atoms with Gasteiger partial charge < -0.3 is 10.3 Å². The zero-order valence-electron chi connectivity index (χ0n) is 17.8. The smallest absolute Gasteiger partial charge is 0.251 e. The fraction of sp³-hybridized carbons (Fsp3) is 0.478. The van der Waals surface area contributed by atoms with Gasteiger partial charge in [0.25, 0.3) is 5.91 Å². The van der Waals surface area contributed by atoms with Crippen molar-refractivity contribution in [2.24, 2.45) is 0 Å². The van der Waals surface area contributed by atoms with Crippen LogP contribution in [0.2, 0.25) is 0 Å². The Labute approximate surface area is 172 Å². The second-order valence-electron chi connectivity index (χ2n) is 7.71. The average molecular weight is 394 g/mol. The Morgan fingerprint density at radius 2 is 1.76 bits per heavy atom. The van der Waals surface area contributed by atoms with Crippen LogP contribution in [0.15, 0.2) is 30.6 Å².